The van der Waals surface area contributed by atoms with Gasteiger partial charge in [0.1, 0.15) is 0 Å². The molecule has 0 saturated heterocycles. The minimum absolute atomic E-state index is 0.0581. The number of benzene rings is 2. The van der Waals surface area contributed by atoms with Crippen LogP contribution in [-0.2, 0) is 20.7 Å². The summed E-state index contributed by atoms with van der Waals surface area (Å²) in [4.78, 5) is 38.4. The normalized spacial score (nSPS) is 15.6. The highest BCUT2D eigenvalue weighted by molar-refractivity contribution is 6.01. The van der Waals surface area contributed by atoms with E-state index < -0.39 is 5.97 Å². The van der Waals surface area contributed by atoms with Crippen LogP contribution in [0.25, 0.3) is 0 Å². The number of methoxy groups -OCH3 is 1. The number of ether oxygens (including phenoxy) is 1. The van der Waals surface area contributed by atoms with Crippen molar-refractivity contribution < 1.29 is 19.1 Å². The van der Waals surface area contributed by atoms with Gasteiger partial charge in [-0.25, -0.2) is 4.79 Å². The van der Waals surface area contributed by atoms with Crippen LogP contribution in [0.2, 0.25) is 0 Å². The number of carbonyl (C=O) groups is 3. The molecule has 6 nitrogen and oxygen atoms in total. The van der Waals surface area contributed by atoms with Crippen LogP contribution >= 0.6 is 0 Å². The molecule has 0 radical (unpaired) electrons. The second-order valence-electron chi connectivity index (χ2n) is 6.47. The van der Waals surface area contributed by atoms with Gasteiger partial charge in [0.05, 0.1) is 30.8 Å². The van der Waals surface area contributed by atoms with Gasteiger partial charge < -0.3 is 15.0 Å². The Morgan fingerprint density at radius 3 is 2.56 bits per heavy atom. The van der Waals surface area contributed by atoms with E-state index >= 15 is 0 Å². The van der Waals surface area contributed by atoms with E-state index in [2.05, 4.69) is 5.32 Å². The van der Waals surface area contributed by atoms with Gasteiger partial charge in [-0.1, -0.05) is 36.4 Å². The van der Waals surface area contributed by atoms with E-state index in [0.29, 0.717) is 17.8 Å². The van der Waals surface area contributed by atoms with E-state index in [1.807, 2.05) is 24.3 Å². The fourth-order valence-electron chi connectivity index (χ4n) is 3.51. The summed E-state index contributed by atoms with van der Waals surface area (Å²) in [5.74, 6) is -0.837. The van der Waals surface area contributed by atoms with E-state index in [4.69, 9.17) is 4.74 Å². The Hall–Kier alpha value is -3.15. The first-order valence-corrected chi connectivity index (χ1v) is 8.83. The second-order valence-corrected chi connectivity index (χ2v) is 6.47. The number of nitrogens with zero attached hydrogens (tertiary/aromatic N) is 1. The third-order valence-electron chi connectivity index (χ3n) is 4.80. The SMILES string of the molecule is COC(=O)c1ccccc1NC(=O)CC1c2ccccc2CCN1C(C)=O. The number of para-hydroxylation sites is 1. The predicted octanol–water partition coefficient (Wildman–Crippen LogP) is 2.95. The molecular formula is C21H22N2O4. The van der Waals surface area contributed by atoms with Gasteiger partial charge in [-0.15, -0.1) is 0 Å². The van der Waals surface area contributed by atoms with Gasteiger partial charge in [0.2, 0.25) is 11.8 Å². The largest absolute Gasteiger partial charge is 0.465 e. The molecule has 6 heteroatoms. The molecule has 0 saturated carbocycles. The summed E-state index contributed by atoms with van der Waals surface area (Å²) in [5.41, 5.74) is 2.84. The Morgan fingerprint density at radius 1 is 1.11 bits per heavy atom. The third kappa shape index (κ3) is 4.00. The van der Waals surface area contributed by atoms with Gasteiger partial charge in [-0.2, -0.15) is 0 Å². The minimum Gasteiger partial charge on any atom is -0.465 e. The maximum absolute atomic E-state index is 12.7. The maximum Gasteiger partial charge on any atom is 0.339 e. The number of fused-ring (bicyclic) bond motifs is 1. The third-order valence-corrected chi connectivity index (χ3v) is 4.80. The molecule has 1 unspecified atom stereocenters. The van der Waals surface area contributed by atoms with E-state index in [1.54, 1.807) is 29.2 Å². The molecule has 2 amide bonds. The number of rotatable bonds is 4. The smallest absolute Gasteiger partial charge is 0.339 e. The Labute approximate surface area is 158 Å². The minimum atomic E-state index is -0.515. The predicted molar refractivity (Wildman–Crippen MR) is 101 cm³/mol. The lowest BCUT2D eigenvalue weighted by atomic mass is 9.90. The van der Waals surface area contributed by atoms with Gasteiger partial charge in [0, 0.05) is 13.5 Å². The van der Waals surface area contributed by atoms with E-state index in [0.717, 1.165) is 17.5 Å². The van der Waals surface area contributed by atoms with Crippen molar-refractivity contribution >= 4 is 23.5 Å². The van der Waals surface area contributed by atoms with Gasteiger partial charge >= 0.3 is 5.97 Å². The molecular weight excluding hydrogens is 344 g/mol. The summed E-state index contributed by atoms with van der Waals surface area (Å²) in [6.07, 6.45) is 0.894. The van der Waals surface area contributed by atoms with Crippen molar-refractivity contribution in [1.29, 1.82) is 0 Å². The molecule has 2 aromatic rings. The summed E-state index contributed by atoms with van der Waals surface area (Å²) in [6, 6.07) is 14.2. The Bertz CT molecular complexity index is 878. The van der Waals surface area contributed by atoms with Gasteiger partial charge in [-0.05, 0) is 29.7 Å². The summed E-state index contributed by atoms with van der Waals surface area (Å²) in [5, 5.41) is 2.79. The lowest BCUT2D eigenvalue weighted by molar-refractivity contribution is -0.132. The molecule has 140 valence electrons. The average molecular weight is 366 g/mol. The van der Waals surface area contributed by atoms with Crippen LogP contribution in [0.5, 0.6) is 0 Å². The van der Waals surface area contributed by atoms with E-state index in [9.17, 15) is 14.4 Å². The zero-order valence-corrected chi connectivity index (χ0v) is 15.4. The number of nitrogens with one attached hydrogen (secondary N) is 1. The van der Waals surface area contributed by atoms with Crippen molar-refractivity contribution in [1.82, 2.24) is 4.90 Å². The number of hydrogen-bond acceptors (Lipinski definition) is 4. The number of anilines is 1. The number of hydrogen-bond donors (Lipinski definition) is 1. The monoisotopic (exact) mass is 366 g/mol. The van der Waals surface area contributed by atoms with Crippen LogP contribution in [-0.4, -0.2) is 36.3 Å². The highest BCUT2D eigenvalue weighted by atomic mass is 16.5. The number of amides is 2. The zero-order valence-electron chi connectivity index (χ0n) is 15.4. The first-order chi connectivity index (χ1) is 13.0. The molecule has 0 spiro atoms. The first kappa shape index (κ1) is 18.6. The highest BCUT2D eigenvalue weighted by Gasteiger charge is 2.30. The summed E-state index contributed by atoms with van der Waals surface area (Å²) in [7, 11) is 1.30. The Morgan fingerprint density at radius 2 is 1.81 bits per heavy atom. The maximum atomic E-state index is 12.7. The Balaban J connectivity index is 1.83. The lowest BCUT2D eigenvalue weighted by Gasteiger charge is -2.36. The van der Waals surface area contributed by atoms with Crippen LogP contribution in [0.4, 0.5) is 5.69 Å². The molecule has 0 aliphatic carbocycles. The quantitative estimate of drug-likeness (QED) is 0.844. The molecule has 0 bridgehead atoms. The van der Waals surface area contributed by atoms with E-state index in [1.165, 1.54) is 14.0 Å². The van der Waals surface area contributed by atoms with Crippen molar-refractivity contribution in [2.24, 2.45) is 0 Å². The molecule has 1 aliphatic rings. The second kappa shape index (κ2) is 8.03. The van der Waals surface area contributed by atoms with Crippen molar-refractivity contribution in [3.63, 3.8) is 0 Å². The lowest BCUT2D eigenvalue weighted by Crippen LogP contribution is -2.40. The number of esters is 1. The van der Waals surface area contributed by atoms with Crippen LogP contribution in [0.3, 0.4) is 0 Å². The van der Waals surface area contributed by atoms with Crippen molar-refractivity contribution in [2.75, 3.05) is 19.0 Å². The van der Waals surface area contributed by atoms with Gasteiger partial charge in [-0.3, -0.25) is 9.59 Å². The van der Waals surface area contributed by atoms with E-state index in [-0.39, 0.29) is 24.3 Å². The molecule has 1 heterocycles. The summed E-state index contributed by atoms with van der Waals surface area (Å²) in [6.45, 7) is 2.11. The topological polar surface area (TPSA) is 75.7 Å². The first-order valence-electron chi connectivity index (χ1n) is 8.83. The van der Waals surface area contributed by atoms with Gasteiger partial charge in [0.15, 0.2) is 0 Å². The molecule has 0 fully saturated rings. The fourth-order valence-corrected chi connectivity index (χ4v) is 3.51. The van der Waals surface area contributed by atoms with Crippen LogP contribution in [0.1, 0.15) is 40.9 Å². The van der Waals surface area contributed by atoms with Crippen LogP contribution < -0.4 is 5.32 Å². The summed E-state index contributed by atoms with van der Waals surface area (Å²) < 4.78 is 4.76. The zero-order chi connectivity index (χ0) is 19.4. The average Bonchev–Trinajstić information content (AvgIpc) is 2.67. The van der Waals surface area contributed by atoms with Crippen LogP contribution in [0.15, 0.2) is 48.5 Å². The fraction of sp³-hybridized carbons (Fsp3) is 0.286. The Kier molecular flexibility index (Phi) is 5.54. The molecule has 1 N–H and O–H groups in total. The van der Waals surface area contributed by atoms with Gasteiger partial charge in [0.25, 0.3) is 0 Å². The molecule has 1 aliphatic heterocycles. The van der Waals surface area contributed by atoms with Crippen molar-refractivity contribution in [3.05, 3.63) is 65.2 Å². The molecule has 27 heavy (non-hydrogen) atoms. The number of carbonyl (C=O) groups excluding carboxylic acids is 3. The molecule has 0 aromatic heterocycles. The molecule has 1 atom stereocenters. The van der Waals surface area contributed by atoms with Crippen LogP contribution in [0, 0.1) is 0 Å². The standard InChI is InChI=1S/C21H22N2O4/c1-14(24)23-12-11-15-7-3-4-8-16(15)19(23)13-20(25)22-18-10-6-5-9-17(18)21(26)27-2/h3-10,19H,11-13H2,1-2H3,(H,22,25). The molecule has 3 rings (SSSR count). The summed E-state index contributed by atoms with van der Waals surface area (Å²) >= 11 is 0. The molecule has 2 aromatic carbocycles. The van der Waals surface area contributed by atoms with Crippen molar-refractivity contribution in [2.45, 2.75) is 25.8 Å². The highest BCUT2D eigenvalue weighted by Crippen LogP contribution is 2.32. The van der Waals surface area contributed by atoms with Crippen molar-refractivity contribution in [3.8, 4) is 0 Å².